The fourth-order valence-electron chi connectivity index (χ4n) is 7.04. The Morgan fingerprint density at radius 3 is 2.56 bits per heavy atom. The van der Waals surface area contributed by atoms with Crippen molar-refractivity contribution in [2.24, 2.45) is 11.8 Å². The number of hydrogen-bond donors (Lipinski definition) is 1. The number of halogens is 1. The number of anilines is 1. The zero-order valence-corrected chi connectivity index (χ0v) is 25.9. The van der Waals surface area contributed by atoms with Crippen molar-refractivity contribution < 1.29 is 19.5 Å². The molecule has 9 heteroatoms. The number of nitrogens with zero attached hydrogens (tertiary/aromatic N) is 3. The van der Waals surface area contributed by atoms with Crippen molar-refractivity contribution in [1.82, 2.24) is 9.80 Å². The van der Waals surface area contributed by atoms with E-state index < -0.39 is 22.6 Å². The van der Waals surface area contributed by atoms with Crippen molar-refractivity contribution in [3.8, 4) is 0 Å². The second kappa shape index (κ2) is 12.3. The summed E-state index contributed by atoms with van der Waals surface area (Å²) in [6.45, 7) is 11.2. The van der Waals surface area contributed by atoms with Crippen molar-refractivity contribution in [1.29, 1.82) is 0 Å². The highest BCUT2D eigenvalue weighted by atomic mass is 79.9. The summed E-state index contributed by atoms with van der Waals surface area (Å²) in [7, 11) is 0. The van der Waals surface area contributed by atoms with Gasteiger partial charge in [-0.05, 0) is 42.2 Å². The molecule has 3 aliphatic rings. The maximum absolute atomic E-state index is 14.7. The van der Waals surface area contributed by atoms with Gasteiger partial charge < -0.3 is 19.8 Å². The van der Waals surface area contributed by atoms with Crippen LogP contribution in [0.3, 0.4) is 0 Å². The second-order valence-corrected chi connectivity index (χ2v) is 13.8. The van der Waals surface area contributed by atoms with E-state index in [0.29, 0.717) is 25.9 Å². The van der Waals surface area contributed by atoms with Crippen LogP contribution in [0.5, 0.6) is 0 Å². The maximum Gasteiger partial charge on any atom is 0.251 e. The van der Waals surface area contributed by atoms with Gasteiger partial charge in [-0.3, -0.25) is 14.4 Å². The zero-order chi connectivity index (χ0) is 29.3. The van der Waals surface area contributed by atoms with Crippen LogP contribution in [0.25, 0.3) is 10.8 Å². The van der Waals surface area contributed by atoms with Crippen LogP contribution < -0.4 is 4.90 Å². The summed E-state index contributed by atoms with van der Waals surface area (Å²) in [5.74, 6) is -1.50. The Hall–Kier alpha value is -2.62. The minimum absolute atomic E-state index is 0.000627. The Bertz CT molecular complexity index is 1350. The number of fused-ring (bicyclic) bond motifs is 2. The number of carbonyl (C=O) groups excluding carboxylic acids is 3. The lowest BCUT2D eigenvalue weighted by Gasteiger charge is -2.38. The van der Waals surface area contributed by atoms with Gasteiger partial charge >= 0.3 is 0 Å². The number of aliphatic hydroxyl groups is 1. The standard InChI is InChI=1S/C32H38BrN3O4S/c1-4-14-34(15-5-2)29(38)25-26-30(39)36(17-9-18-37)28(32(26)20-24(33)27(25)41-32)31(40)35(16-6-3)23-13-12-21-10-7-8-11-22(21)19-23/h4,6-8,10-13,19,24-28,37H,1,3,5,9,14-18,20H2,2H3/t24?,25-,26+,27-,28?,32?/m1/s1. The van der Waals surface area contributed by atoms with E-state index in [0.717, 1.165) is 22.9 Å². The molecule has 2 bridgehead atoms. The summed E-state index contributed by atoms with van der Waals surface area (Å²) in [6.07, 6.45) is 5.20. The predicted molar refractivity (Wildman–Crippen MR) is 169 cm³/mol. The van der Waals surface area contributed by atoms with E-state index in [1.54, 1.807) is 38.6 Å². The molecule has 218 valence electrons. The van der Waals surface area contributed by atoms with Crippen molar-refractivity contribution in [3.63, 3.8) is 0 Å². The lowest BCUT2D eigenvalue weighted by molar-refractivity contribution is -0.143. The number of likely N-dealkylation sites (tertiary alicyclic amines) is 1. The van der Waals surface area contributed by atoms with Gasteiger partial charge in [-0.2, -0.15) is 0 Å². The average molecular weight is 641 g/mol. The maximum atomic E-state index is 14.7. The van der Waals surface area contributed by atoms with Crippen LogP contribution in [0.15, 0.2) is 67.8 Å². The first-order chi connectivity index (χ1) is 19.8. The van der Waals surface area contributed by atoms with Gasteiger partial charge in [0.05, 0.1) is 16.6 Å². The van der Waals surface area contributed by atoms with Crippen LogP contribution in [0.1, 0.15) is 26.2 Å². The third kappa shape index (κ3) is 5.04. The second-order valence-electron chi connectivity index (χ2n) is 11.1. The zero-order valence-electron chi connectivity index (χ0n) is 23.5. The molecule has 3 heterocycles. The SMILES string of the molecule is C=CCN(CCC)C(=O)[C@H]1[C@@H]2SC3(CC2Br)C(C(=O)N(CC=C)c2ccc4ccccc4c2)N(CCCO)C(=O)[C@H]13. The average Bonchev–Trinajstić information content (AvgIpc) is 3.56. The lowest BCUT2D eigenvalue weighted by Crippen LogP contribution is -2.56. The third-order valence-corrected chi connectivity index (χ3v) is 11.9. The van der Waals surface area contributed by atoms with Crippen LogP contribution >= 0.6 is 27.7 Å². The highest BCUT2D eigenvalue weighted by Gasteiger charge is 2.76. The van der Waals surface area contributed by atoms with Crippen LogP contribution in [-0.4, -0.2) is 86.3 Å². The first-order valence-electron chi connectivity index (χ1n) is 14.4. The number of thioether (sulfide) groups is 1. The molecule has 3 unspecified atom stereocenters. The monoisotopic (exact) mass is 639 g/mol. The predicted octanol–water partition coefficient (Wildman–Crippen LogP) is 4.63. The van der Waals surface area contributed by atoms with Crippen LogP contribution in [0.4, 0.5) is 5.69 Å². The van der Waals surface area contributed by atoms with Gasteiger partial charge in [0.2, 0.25) is 11.8 Å². The summed E-state index contributed by atoms with van der Waals surface area (Å²) >= 11 is 5.49. The first kappa shape index (κ1) is 29.9. The molecule has 3 saturated heterocycles. The Morgan fingerprint density at radius 1 is 1.15 bits per heavy atom. The molecule has 3 fully saturated rings. The lowest BCUT2D eigenvalue weighted by atomic mass is 9.70. The summed E-state index contributed by atoms with van der Waals surface area (Å²) in [4.78, 5) is 48.2. The van der Waals surface area contributed by atoms with Crippen molar-refractivity contribution >= 4 is 61.9 Å². The molecule has 5 rings (SSSR count). The van der Waals surface area contributed by atoms with Crippen LogP contribution in [0, 0.1) is 11.8 Å². The van der Waals surface area contributed by atoms with E-state index in [4.69, 9.17) is 0 Å². The van der Waals surface area contributed by atoms with Crippen molar-refractivity contribution in [2.75, 3.05) is 37.7 Å². The van der Waals surface area contributed by atoms with Gasteiger partial charge in [0.15, 0.2) is 0 Å². The molecule has 41 heavy (non-hydrogen) atoms. The highest BCUT2D eigenvalue weighted by molar-refractivity contribution is 9.09. The number of amides is 3. The van der Waals surface area contributed by atoms with Crippen molar-refractivity contribution in [2.45, 2.75) is 47.1 Å². The number of rotatable bonds is 12. The van der Waals surface area contributed by atoms with Gasteiger partial charge in [0.25, 0.3) is 5.91 Å². The smallest absolute Gasteiger partial charge is 0.251 e. The summed E-state index contributed by atoms with van der Waals surface area (Å²) in [5, 5.41) is 11.7. The Morgan fingerprint density at radius 2 is 1.88 bits per heavy atom. The Balaban J connectivity index is 1.57. The number of benzene rings is 2. The van der Waals surface area contributed by atoms with E-state index in [2.05, 4.69) is 29.1 Å². The molecule has 3 aliphatic heterocycles. The number of aliphatic hydroxyl groups excluding tert-OH is 1. The minimum atomic E-state index is -0.759. The van der Waals surface area contributed by atoms with Gasteiger partial charge in [-0.1, -0.05) is 65.3 Å². The molecule has 0 aliphatic carbocycles. The number of hydrogen-bond acceptors (Lipinski definition) is 5. The Labute approximate surface area is 254 Å². The third-order valence-electron chi connectivity index (χ3n) is 8.64. The van der Waals surface area contributed by atoms with Crippen LogP contribution in [-0.2, 0) is 14.4 Å². The van der Waals surface area contributed by atoms with E-state index in [1.165, 1.54) is 0 Å². The fraction of sp³-hybridized carbons (Fsp3) is 0.469. The molecular formula is C32H38BrN3O4S. The summed E-state index contributed by atoms with van der Waals surface area (Å²) in [5.41, 5.74) is 0.740. The molecule has 6 atom stereocenters. The van der Waals surface area contributed by atoms with Gasteiger partial charge in [0.1, 0.15) is 6.04 Å². The quantitative estimate of drug-likeness (QED) is 0.271. The summed E-state index contributed by atoms with van der Waals surface area (Å²) < 4.78 is -0.745. The normalized spacial score (nSPS) is 28.1. The number of carbonyl (C=O) groups is 3. The molecule has 0 saturated carbocycles. The molecule has 7 nitrogen and oxygen atoms in total. The first-order valence-corrected chi connectivity index (χ1v) is 16.2. The molecule has 1 N–H and O–H groups in total. The highest BCUT2D eigenvalue weighted by Crippen LogP contribution is 2.68. The molecule has 3 amide bonds. The van der Waals surface area contributed by atoms with Crippen LogP contribution in [0.2, 0.25) is 0 Å². The van der Waals surface area contributed by atoms with Gasteiger partial charge in [-0.15, -0.1) is 24.9 Å². The van der Waals surface area contributed by atoms with Gasteiger partial charge in [-0.25, -0.2) is 0 Å². The molecule has 2 aromatic carbocycles. The molecule has 0 aromatic heterocycles. The largest absolute Gasteiger partial charge is 0.396 e. The fourth-order valence-corrected chi connectivity index (χ4v) is 10.6. The molecular weight excluding hydrogens is 602 g/mol. The van der Waals surface area contributed by atoms with Crippen molar-refractivity contribution in [3.05, 3.63) is 67.8 Å². The van der Waals surface area contributed by atoms with E-state index in [-0.39, 0.29) is 47.5 Å². The van der Waals surface area contributed by atoms with E-state index in [1.807, 2.05) is 49.4 Å². The van der Waals surface area contributed by atoms with Gasteiger partial charge in [0, 0.05) is 48.6 Å². The minimum Gasteiger partial charge on any atom is -0.396 e. The summed E-state index contributed by atoms with van der Waals surface area (Å²) in [6, 6.07) is 13.2. The molecule has 1 spiro atoms. The van der Waals surface area contributed by atoms with E-state index in [9.17, 15) is 19.5 Å². The number of alkyl halides is 1. The molecule has 2 aromatic rings. The molecule has 0 radical (unpaired) electrons. The Kier molecular flexibility index (Phi) is 8.97. The topological polar surface area (TPSA) is 81.2 Å². The van der Waals surface area contributed by atoms with E-state index >= 15 is 0 Å².